The summed E-state index contributed by atoms with van der Waals surface area (Å²) in [6.45, 7) is 1.40. The zero-order valence-corrected chi connectivity index (χ0v) is 15.1. The van der Waals surface area contributed by atoms with Crippen molar-refractivity contribution in [2.75, 3.05) is 32.6 Å². The molecule has 6 nitrogen and oxygen atoms in total. The monoisotopic (exact) mass is 348 g/mol. The normalized spacial score (nSPS) is 20.5. The van der Waals surface area contributed by atoms with Gasteiger partial charge in [0.25, 0.3) is 0 Å². The Morgan fingerprint density at radius 1 is 1.24 bits per heavy atom. The Kier molecular flexibility index (Phi) is 6.02. The molecular formula is C19H28N2O4. The first-order chi connectivity index (χ1) is 12.2. The fourth-order valence-electron chi connectivity index (χ4n) is 3.43. The van der Waals surface area contributed by atoms with Crippen molar-refractivity contribution in [1.29, 1.82) is 0 Å². The Morgan fingerprint density at radius 3 is 2.72 bits per heavy atom. The molecule has 1 unspecified atom stereocenters. The fraction of sp³-hybridized carbons (Fsp3) is 0.632. The Balaban J connectivity index is 1.61. The van der Waals surface area contributed by atoms with Gasteiger partial charge in [-0.05, 0) is 50.7 Å². The van der Waals surface area contributed by atoms with Gasteiger partial charge in [0.1, 0.15) is 0 Å². The lowest BCUT2D eigenvalue weighted by Gasteiger charge is -2.22. The van der Waals surface area contributed by atoms with Crippen LogP contribution in [0.1, 0.15) is 38.5 Å². The van der Waals surface area contributed by atoms with E-state index in [0.717, 1.165) is 32.3 Å². The molecule has 6 heteroatoms. The van der Waals surface area contributed by atoms with E-state index in [1.165, 1.54) is 12.8 Å². The minimum Gasteiger partial charge on any atom is -0.493 e. The summed E-state index contributed by atoms with van der Waals surface area (Å²) in [5, 5.41) is 2.93. The smallest absolute Gasteiger partial charge is 0.321 e. The highest BCUT2D eigenvalue weighted by molar-refractivity contribution is 5.89. The summed E-state index contributed by atoms with van der Waals surface area (Å²) >= 11 is 0. The van der Waals surface area contributed by atoms with Gasteiger partial charge in [0.05, 0.1) is 19.3 Å². The molecule has 0 aromatic heterocycles. The zero-order valence-electron chi connectivity index (χ0n) is 15.1. The molecule has 1 aromatic carbocycles. The third-order valence-corrected chi connectivity index (χ3v) is 4.86. The van der Waals surface area contributed by atoms with Gasteiger partial charge in [-0.25, -0.2) is 4.79 Å². The van der Waals surface area contributed by atoms with E-state index in [9.17, 15) is 4.79 Å². The van der Waals surface area contributed by atoms with Crippen molar-refractivity contribution >= 4 is 11.7 Å². The quantitative estimate of drug-likeness (QED) is 0.852. The van der Waals surface area contributed by atoms with Gasteiger partial charge in [-0.1, -0.05) is 0 Å². The van der Waals surface area contributed by atoms with Gasteiger partial charge in [-0.3, -0.25) is 0 Å². The predicted molar refractivity (Wildman–Crippen MR) is 96.5 cm³/mol. The number of hydrogen-bond acceptors (Lipinski definition) is 4. The molecule has 2 aliphatic rings. The van der Waals surface area contributed by atoms with Gasteiger partial charge < -0.3 is 24.4 Å². The van der Waals surface area contributed by atoms with Crippen LogP contribution in [0.4, 0.5) is 10.5 Å². The average molecular weight is 348 g/mol. The highest BCUT2D eigenvalue weighted by atomic mass is 16.5. The predicted octanol–water partition coefficient (Wildman–Crippen LogP) is 3.66. The van der Waals surface area contributed by atoms with Crippen LogP contribution in [0, 0.1) is 0 Å². The van der Waals surface area contributed by atoms with Crippen molar-refractivity contribution in [3.05, 3.63) is 18.2 Å². The molecule has 2 fully saturated rings. The number of carbonyl (C=O) groups excluding carboxylic acids is 1. The van der Waals surface area contributed by atoms with Crippen LogP contribution in [0.2, 0.25) is 0 Å². The Morgan fingerprint density at radius 2 is 2.04 bits per heavy atom. The lowest BCUT2D eigenvalue weighted by atomic mass is 10.2. The SMILES string of the molecule is COc1ccc(NC(=O)N(C)CC2CCCO2)cc1OC1CCCC1. The van der Waals surface area contributed by atoms with E-state index in [1.54, 1.807) is 19.1 Å². The van der Waals surface area contributed by atoms with Crippen LogP contribution < -0.4 is 14.8 Å². The van der Waals surface area contributed by atoms with E-state index in [-0.39, 0.29) is 18.2 Å². The van der Waals surface area contributed by atoms with Crippen LogP contribution in [0.25, 0.3) is 0 Å². The Bertz CT molecular complexity index is 581. The second kappa shape index (κ2) is 8.43. The molecular weight excluding hydrogens is 320 g/mol. The number of nitrogens with one attached hydrogen (secondary N) is 1. The van der Waals surface area contributed by atoms with E-state index in [0.29, 0.717) is 23.7 Å². The average Bonchev–Trinajstić information content (AvgIpc) is 3.29. The molecule has 0 radical (unpaired) electrons. The largest absolute Gasteiger partial charge is 0.493 e. The summed E-state index contributed by atoms with van der Waals surface area (Å²) in [5.74, 6) is 1.38. The number of hydrogen-bond donors (Lipinski definition) is 1. The van der Waals surface area contributed by atoms with Crippen LogP contribution >= 0.6 is 0 Å². The summed E-state index contributed by atoms with van der Waals surface area (Å²) < 4.78 is 17.1. The topological polar surface area (TPSA) is 60.0 Å². The molecule has 1 aliphatic heterocycles. The molecule has 25 heavy (non-hydrogen) atoms. The summed E-state index contributed by atoms with van der Waals surface area (Å²) in [6, 6.07) is 5.36. The van der Waals surface area contributed by atoms with Crippen molar-refractivity contribution in [3.63, 3.8) is 0 Å². The summed E-state index contributed by atoms with van der Waals surface area (Å²) in [7, 11) is 3.42. The lowest BCUT2D eigenvalue weighted by Crippen LogP contribution is -2.37. The number of ether oxygens (including phenoxy) is 3. The molecule has 1 N–H and O–H groups in total. The second-order valence-electron chi connectivity index (χ2n) is 6.84. The lowest BCUT2D eigenvalue weighted by molar-refractivity contribution is 0.0894. The second-order valence-corrected chi connectivity index (χ2v) is 6.84. The number of anilines is 1. The van der Waals surface area contributed by atoms with E-state index >= 15 is 0 Å². The number of nitrogens with zero attached hydrogens (tertiary/aromatic N) is 1. The Labute approximate surface area is 149 Å². The molecule has 0 spiro atoms. The van der Waals surface area contributed by atoms with E-state index in [2.05, 4.69) is 5.32 Å². The fourth-order valence-corrected chi connectivity index (χ4v) is 3.43. The van der Waals surface area contributed by atoms with Gasteiger partial charge in [0.15, 0.2) is 11.5 Å². The van der Waals surface area contributed by atoms with Crippen LogP contribution in [-0.2, 0) is 4.74 Å². The minimum atomic E-state index is -0.146. The van der Waals surface area contributed by atoms with Gasteiger partial charge in [0.2, 0.25) is 0 Å². The summed E-state index contributed by atoms with van der Waals surface area (Å²) in [5.41, 5.74) is 0.706. The third kappa shape index (κ3) is 4.78. The number of amides is 2. The van der Waals surface area contributed by atoms with Crippen LogP contribution in [-0.4, -0.2) is 50.4 Å². The highest BCUT2D eigenvalue weighted by Crippen LogP contribution is 2.34. The number of carbonyl (C=O) groups is 1. The van der Waals surface area contributed by atoms with Gasteiger partial charge >= 0.3 is 6.03 Å². The van der Waals surface area contributed by atoms with Crippen molar-refractivity contribution in [2.24, 2.45) is 0 Å². The van der Waals surface area contributed by atoms with Crippen molar-refractivity contribution in [3.8, 4) is 11.5 Å². The van der Waals surface area contributed by atoms with E-state index in [4.69, 9.17) is 14.2 Å². The molecule has 1 aliphatic carbocycles. The molecule has 1 heterocycles. The minimum absolute atomic E-state index is 0.146. The number of rotatable bonds is 6. The highest BCUT2D eigenvalue weighted by Gasteiger charge is 2.21. The molecule has 2 amide bonds. The maximum Gasteiger partial charge on any atom is 0.321 e. The van der Waals surface area contributed by atoms with Gasteiger partial charge in [0, 0.05) is 32.0 Å². The number of benzene rings is 1. The maximum absolute atomic E-state index is 12.4. The molecule has 1 aromatic rings. The first kappa shape index (κ1) is 17.9. The third-order valence-electron chi connectivity index (χ3n) is 4.86. The standard InChI is InChI=1S/C19H28N2O4/c1-21(13-16-8-5-11-24-16)19(22)20-14-9-10-17(23-2)18(12-14)25-15-6-3-4-7-15/h9-10,12,15-16H,3-8,11,13H2,1-2H3,(H,20,22). The number of urea groups is 1. The molecule has 3 rings (SSSR count). The van der Waals surface area contributed by atoms with E-state index < -0.39 is 0 Å². The number of likely N-dealkylation sites (N-methyl/N-ethyl adjacent to an activating group) is 1. The van der Waals surface area contributed by atoms with Crippen LogP contribution in [0.15, 0.2) is 18.2 Å². The van der Waals surface area contributed by atoms with Crippen molar-refractivity contribution < 1.29 is 19.0 Å². The van der Waals surface area contributed by atoms with Crippen LogP contribution in [0.3, 0.4) is 0 Å². The molecule has 1 saturated heterocycles. The van der Waals surface area contributed by atoms with Crippen molar-refractivity contribution in [2.45, 2.75) is 50.7 Å². The van der Waals surface area contributed by atoms with E-state index in [1.807, 2.05) is 18.2 Å². The van der Waals surface area contributed by atoms with Gasteiger partial charge in [-0.2, -0.15) is 0 Å². The first-order valence-electron chi connectivity index (χ1n) is 9.14. The molecule has 138 valence electrons. The van der Waals surface area contributed by atoms with Crippen molar-refractivity contribution in [1.82, 2.24) is 4.90 Å². The summed E-state index contributed by atoms with van der Waals surface area (Å²) in [6.07, 6.45) is 7.03. The molecule has 1 atom stereocenters. The Hall–Kier alpha value is -1.95. The number of methoxy groups -OCH3 is 1. The maximum atomic E-state index is 12.4. The van der Waals surface area contributed by atoms with Gasteiger partial charge in [-0.15, -0.1) is 0 Å². The zero-order chi connectivity index (χ0) is 17.6. The first-order valence-corrected chi connectivity index (χ1v) is 9.14. The molecule has 0 bridgehead atoms. The molecule has 1 saturated carbocycles. The summed E-state index contributed by atoms with van der Waals surface area (Å²) in [4.78, 5) is 14.1. The van der Waals surface area contributed by atoms with Crippen LogP contribution in [0.5, 0.6) is 11.5 Å².